The van der Waals surface area contributed by atoms with E-state index in [4.69, 9.17) is 18.9 Å². The van der Waals surface area contributed by atoms with Gasteiger partial charge in [0.1, 0.15) is 24.6 Å². The third kappa shape index (κ3) is 6.03. The highest BCUT2D eigenvalue weighted by molar-refractivity contribution is 7.46. The van der Waals surface area contributed by atoms with E-state index < -0.39 is 47.3 Å². The molecular weight excluding hydrogens is 533 g/mol. The number of imidazole rings is 1. The topological polar surface area (TPSA) is 178 Å². The number of amides is 1. The van der Waals surface area contributed by atoms with Crippen LogP contribution in [0, 0.1) is 0 Å². The Hall–Kier alpha value is -2.55. The molecule has 1 aromatic carbocycles. The molecule has 4 N–H and O–H groups in total. The number of nitrogens with one attached hydrogen (secondary N) is 1. The van der Waals surface area contributed by atoms with Crippen LogP contribution in [0.4, 0.5) is 5.82 Å². The van der Waals surface area contributed by atoms with Crippen molar-refractivity contribution in [1.82, 2.24) is 19.5 Å². The number of benzene rings is 1. The van der Waals surface area contributed by atoms with E-state index in [9.17, 15) is 14.5 Å². The molecule has 0 radical (unpaired) electrons. The predicted octanol–water partition coefficient (Wildman–Crippen LogP) is 2.84. The standard InChI is InChI=1S/C23H32N5O8PSi/c1-23(2,3)38(4,5)36-18-17(29)15(11-34-37(31,32)33)35-22(18)28-13-26-16-19(24-12-25-20(16)28)27-21(30)14-9-7-6-8-10-14/h6-10,12-13,15,17-18,22,29H,11H2,1-5H3,(H2,31,32,33)(H,24,25,27,30)/t15-,17-,18-,22-/m1/s1. The van der Waals surface area contributed by atoms with Crippen molar-refractivity contribution in [2.24, 2.45) is 0 Å². The monoisotopic (exact) mass is 565 g/mol. The Morgan fingerprint density at radius 1 is 1.18 bits per heavy atom. The lowest BCUT2D eigenvalue weighted by atomic mass is 10.1. The van der Waals surface area contributed by atoms with Crippen molar-refractivity contribution in [2.75, 3.05) is 11.9 Å². The number of hydrogen-bond acceptors (Lipinski definition) is 9. The van der Waals surface area contributed by atoms with Crippen molar-refractivity contribution >= 4 is 39.0 Å². The van der Waals surface area contributed by atoms with Gasteiger partial charge in [-0.2, -0.15) is 0 Å². The molecule has 0 unspecified atom stereocenters. The molecule has 4 atom stereocenters. The molecule has 3 heterocycles. The van der Waals surface area contributed by atoms with Crippen LogP contribution in [-0.2, 0) is 18.3 Å². The molecule has 0 spiro atoms. The molecule has 1 aliphatic rings. The number of ether oxygens (including phenoxy) is 1. The molecule has 0 saturated carbocycles. The number of carbonyl (C=O) groups is 1. The third-order valence-electron chi connectivity index (χ3n) is 6.86. The van der Waals surface area contributed by atoms with Crippen LogP contribution in [0.3, 0.4) is 0 Å². The summed E-state index contributed by atoms with van der Waals surface area (Å²) >= 11 is 0. The number of phosphoric acid groups is 1. The van der Waals surface area contributed by atoms with Gasteiger partial charge in [-0.1, -0.05) is 39.0 Å². The molecule has 1 fully saturated rings. The first-order valence-corrected chi connectivity index (χ1v) is 16.4. The van der Waals surface area contributed by atoms with Gasteiger partial charge in [-0.05, 0) is 30.3 Å². The number of aromatic nitrogens is 4. The van der Waals surface area contributed by atoms with Gasteiger partial charge in [0, 0.05) is 5.56 Å². The average molecular weight is 566 g/mol. The molecule has 13 nitrogen and oxygen atoms in total. The van der Waals surface area contributed by atoms with Gasteiger partial charge in [0.15, 0.2) is 31.5 Å². The first-order chi connectivity index (χ1) is 17.7. The van der Waals surface area contributed by atoms with Gasteiger partial charge in [-0.3, -0.25) is 13.9 Å². The van der Waals surface area contributed by atoms with Crippen molar-refractivity contribution in [3.05, 3.63) is 48.5 Å². The van der Waals surface area contributed by atoms with Crippen LogP contribution in [0.25, 0.3) is 11.2 Å². The number of rotatable bonds is 8. The van der Waals surface area contributed by atoms with Crippen LogP contribution in [0.1, 0.15) is 37.4 Å². The molecule has 1 saturated heterocycles. The molecule has 206 valence electrons. The van der Waals surface area contributed by atoms with Crippen molar-refractivity contribution in [3.63, 3.8) is 0 Å². The second-order valence-corrected chi connectivity index (χ2v) is 16.5. The maximum Gasteiger partial charge on any atom is 0.469 e. The molecule has 15 heteroatoms. The Balaban J connectivity index is 1.68. The summed E-state index contributed by atoms with van der Waals surface area (Å²) in [5.41, 5.74) is 1.04. The second kappa shape index (κ2) is 10.5. The quantitative estimate of drug-likeness (QED) is 0.233. The van der Waals surface area contributed by atoms with Crippen molar-refractivity contribution in [3.8, 4) is 0 Å². The summed E-state index contributed by atoms with van der Waals surface area (Å²) in [7, 11) is -7.25. The number of fused-ring (bicyclic) bond motifs is 1. The average Bonchev–Trinajstić information content (AvgIpc) is 3.39. The Kier molecular flexibility index (Phi) is 7.90. The number of nitrogens with zero attached hydrogens (tertiary/aromatic N) is 4. The fourth-order valence-electron chi connectivity index (χ4n) is 3.79. The summed E-state index contributed by atoms with van der Waals surface area (Å²) < 4.78 is 30.0. The fraction of sp³-hybridized carbons (Fsp3) is 0.478. The summed E-state index contributed by atoms with van der Waals surface area (Å²) in [5, 5.41) is 13.7. The molecule has 0 aliphatic carbocycles. The van der Waals surface area contributed by atoms with E-state index in [0.29, 0.717) is 11.2 Å². The van der Waals surface area contributed by atoms with E-state index in [-0.39, 0.29) is 22.3 Å². The molecule has 1 amide bonds. The fourth-order valence-corrected chi connectivity index (χ4v) is 5.42. The van der Waals surface area contributed by atoms with Crippen LogP contribution in [0.15, 0.2) is 43.0 Å². The summed E-state index contributed by atoms with van der Waals surface area (Å²) in [6, 6.07) is 8.64. The normalized spacial score (nSPS) is 22.6. The second-order valence-electron chi connectivity index (χ2n) is 10.6. The Morgan fingerprint density at radius 3 is 2.50 bits per heavy atom. The number of anilines is 1. The van der Waals surface area contributed by atoms with E-state index in [2.05, 4.69) is 24.8 Å². The van der Waals surface area contributed by atoms with Gasteiger partial charge >= 0.3 is 7.82 Å². The SMILES string of the molecule is CC(C)(C)[Si](C)(C)O[C@@H]1[C@H](O)[C@@H](COP(=O)(O)O)O[C@H]1n1cnc2c(NC(=O)c3ccccc3)ncnc21. The van der Waals surface area contributed by atoms with Gasteiger partial charge in [0.05, 0.1) is 12.9 Å². The van der Waals surface area contributed by atoms with Crippen molar-refractivity contribution in [2.45, 2.75) is 63.4 Å². The van der Waals surface area contributed by atoms with Gasteiger partial charge in [-0.25, -0.2) is 19.5 Å². The van der Waals surface area contributed by atoms with Gasteiger partial charge < -0.3 is 29.4 Å². The number of carbonyl (C=O) groups excluding carboxylic acids is 1. The first kappa shape index (κ1) is 28.5. The predicted molar refractivity (Wildman–Crippen MR) is 140 cm³/mol. The van der Waals surface area contributed by atoms with E-state index in [1.54, 1.807) is 34.9 Å². The zero-order valence-electron chi connectivity index (χ0n) is 21.7. The molecule has 2 aromatic heterocycles. The van der Waals surface area contributed by atoms with E-state index in [1.165, 1.54) is 12.7 Å². The van der Waals surface area contributed by atoms with Crippen LogP contribution in [0.5, 0.6) is 0 Å². The third-order valence-corrected chi connectivity index (χ3v) is 11.8. The molecular formula is C23H32N5O8PSi. The largest absolute Gasteiger partial charge is 0.469 e. The van der Waals surface area contributed by atoms with Gasteiger partial charge in [0.25, 0.3) is 5.91 Å². The van der Waals surface area contributed by atoms with Crippen LogP contribution < -0.4 is 5.32 Å². The zero-order valence-corrected chi connectivity index (χ0v) is 23.6. The summed E-state index contributed by atoms with van der Waals surface area (Å²) in [6.45, 7) is 9.62. The molecule has 4 rings (SSSR count). The first-order valence-electron chi connectivity index (χ1n) is 11.9. The van der Waals surface area contributed by atoms with Crippen molar-refractivity contribution < 1.29 is 37.9 Å². The summed E-state index contributed by atoms with van der Waals surface area (Å²) in [6.07, 6.45) is -1.54. The maximum atomic E-state index is 12.7. The minimum absolute atomic E-state index is 0.185. The Bertz CT molecular complexity index is 1340. The maximum absolute atomic E-state index is 12.7. The van der Waals surface area contributed by atoms with Crippen LogP contribution in [0.2, 0.25) is 18.1 Å². The summed E-state index contributed by atoms with van der Waals surface area (Å²) in [4.78, 5) is 43.9. The lowest BCUT2D eigenvalue weighted by Crippen LogP contribution is -2.48. The highest BCUT2D eigenvalue weighted by Gasteiger charge is 2.51. The minimum Gasteiger partial charge on any atom is -0.407 e. The van der Waals surface area contributed by atoms with Gasteiger partial charge in [-0.15, -0.1) is 0 Å². The number of phosphoric ester groups is 1. The number of aliphatic hydroxyl groups is 1. The van der Waals surface area contributed by atoms with Crippen LogP contribution >= 0.6 is 7.82 Å². The number of aliphatic hydroxyl groups excluding tert-OH is 1. The molecule has 0 bridgehead atoms. The molecule has 38 heavy (non-hydrogen) atoms. The van der Waals surface area contributed by atoms with E-state index in [0.717, 1.165) is 0 Å². The lowest BCUT2D eigenvalue weighted by Gasteiger charge is -2.40. The lowest BCUT2D eigenvalue weighted by molar-refractivity contribution is -0.0489. The van der Waals surface area contributed by atoms with Crippen molar-refractivity contribution in [1.29, 1.82) is 0 Å². The highest BCUT2D eigenvalue weighted by Crippen LogP contribution is 2.44. The summed E-state index contributed by atoms with van der Waals surface area (Å²) in [5.74, 6) is -0.189. The van der Waals surface area contributed by atoms with Gasteiger partial charge in [0.2, 0.25) is 0 Å². The Morgan fingerprint density at radius 2 is 1.87 bits per heavy atom. The molecule has 1 aliphatic heterocycles. The smallest absolute Gasteiger partial charge is 0.407 e. The minimum atomic E-state index is -4.80. The number of hydrogen-bond donors (Lipinski definition) is 4. The van der Waals surface area contributed by atoms with E-state index >= 15 is 0 Å². The van der Waals surface area contributed by atoms with E-state index in [1.807, 2.05) is 33.9 Å². The van der Waals surface area contributed by atoms with Crippen LogP contribution in [-0.4, -0.2) is 73.6 Å². The highest BCUT2D eigenvalue weighted by atomic mass is 31.2. The zero-order chi connectivity index (χ0) is 27.9. The molecule has 3 aromatic rings. The Labute approximate surface area is 220 Å².